The molecule has 0 heterocycles. The maximum Gasteiger partial charge on any atom is 0.120 e. The van der Waals surface area contributed by atoms with Crippen LogP contribution >= 0.6 is 0 Å². The molecule has 2 heteroatoms. The molecule has 0 aliphatic heterocycles. The van der Waals surface area contributed by atoms with Crippen LogP contribution in [-0.2, 0) is 0 Å². The largest absolute Gasteiger partial charge is 0.378 e. The van der Waals surface area contributed by atoms with E-state index in [1.807, 2.05) is 12.1 Å². The average Bonchev–Trinajstić information content (AvgIpc) is 2.14. The predicted molar refractivity (Wildman–Crippen MR) is 54.3 cm³/mol. The summed E-state index contributed by atoms with van der Waals surface area (Å²) in [6, 6.07) is 9.11. The van der Waals surface area contributed by atoms with Crippen LogP contribution < -0.4 is 0 Å². The predicted octanol–water partition coefficient (Wildman–Crippen LogP) is 1.68. The number of aliphatic hydroxyl groups is 1. The summed E-state index contributed by atoms with van der Waals surface area (Å²) in [6.45, 7) is 3.21. The molecular formula is C12H11NO. The smallest absolute Gasteiger partial charge is 0.120 e. The monoisotopic (exact) mass is 185 g/mol. The lowest BCUT2D eigenvalue weighted by Crippen LogP contribution is -2.14. The molecule has 0 radical (unpaired) electrons. The van der Waals surface area contributed by atoms with Crippen molar-refractivity contribution >= 4 is 0 Å². The molecule has 14 heavy (non-hydrogen) atoms. The van der Waals surface area contributed by atoms with E-state index in [1.54, 1.807) is 32.0 Å². The van der Waals surface area contributed by atoms with Gasteiger partial charge >= 0.3 is 0 Å². The number of hydrogen-bond acceptors (Lipinski definition) is 2. The summed E-state index contributed by atoms with van der Waals surface area (Å²) in [6.07, 6.45) is 0. The van der Waals surface area contributed by atoms with Crippen molar-refractivity contribution in [2.24, 2.45) is 0 Å². The van der Waals surface area contributed by atoms with Gasteiger partial charge in [0, 0.05) is 5.56 Å². The van der Waals surface area contributed by atoms with Gasteiger partial charge < -0.3 is 5.11 Å². The van der Waals surface area contributed by atoms with Gasteiger partial charge in [0.05, 0.1) is 5.56 Å². The Morgan fingerprint density at radius 2 is 1.79 bits per heavy atom. The van der Waals surface area contributed by atoms with Crippen molar-refractivity contribution in [1.29, 1.82) is 5.26 Å². The molecule has 1 N–H and O–H groups in total. The minimum atomic E-state index is -1.03. The topological polar surface area (TPSA) is 44.0 Å². The van der Waals surface area contributed by atoms with Crippen LogP contribution in [0.5, 0.6) is 0 Å². The Morgan fingerprint density at radius 3 is 2.29 bits per heavy atom. The zero-order valence-electron chi connectivity index (χ0n) is 8.20. The average molecular weight is 185 g/mol. The maximum absolute atomic E-state index is 9.39. The second-order valence-corrected chi connectivity index (χ2v) is 3.47. The number of hydrogen-bond donors (Lipinski definition) is 1. The summed E-state index contributed by atoms with van der Waals surface area (Å²) in [4.78, 5) is 0. The van der Waals surface area contributed by atoms with Gasteiger partial charge in [0.1, 0.15) is 11.7 Å². The molecule has 0 atom stereocenters. The van der Waals surface area contributed by atoms with Crippen LogP contribution in [0.1, 0.15) is 25.0 Å². The molecule has 2 nitrogen and oxygen atoms in total. The Kier molecular flexibility index (Phi) is 2.92. The Labute approximate surface area is 83.8 Å². The van der Waals surface area contributed by atoms with Gasteiger partial charge in [0.15, 0.2) is 0 Å². The van der Waals surface area contributed by atoms with Gasteiger partial charge in [-0.1, -0.05) is 24.0 Å². The van der Waals surface area contributed by atoms with Crippen LogP contribution in [0, 0.1) is 23.2 Å². The number of rotatable bonds is 0. The highest BCUT2D eigenvalue weighted by atomic mass is 16.3. The molecule has 0 unspecified atom stereocenters. The Balaban J connectivity index is 3.08. The summed E-state index contributed by atoms with van der Waals surface area (Å²) < 4.78 is 0. The van der Waals surface area contributed by atoms with E-state index in [2.05, 4.69) is 11.8 Å². The number of nitrogens with zero attached hydrogens (tertiary/aromatic N) is 1. The minimum absolute atomic E-state index is 0.532. The molecule has 0 spiro atoms. The van der Waals surface area contributed by atoms with E-state index in [1.165, 1.54) is 0 Å². The molecule has 0 saturated carbocycles. The van der Waals surface area contributed by atoms with Crippen molar-refractivity contribution in [3.63, 3.8) is 0 Å². The third-order valence-electron chi connectivity index (χ3n) is 1.55. The second kappa shape index (κ2) is 3.96. The molecule has 1 aromatic rings. The lowest BCUT2D eigenvalue weighted by Gasteiger charge is -2.06. The van der Waals surface area contributed by atoms with Gasteiger partial charge in [0.25, 0.3) is 0 Å². The van der Waals surface area contributed by atoms with E-state index >= 15 is 0 Å². The molecule has 0 aliphatic rings. The highest BCUT2D eigenvalue weighted by molar-refractivity contribution is 5.48. The van der Waals surface area contributed by atoms with Crippen molar-refractivity contribution in [3.8, 4) is 17.9 Å². The van der Waals surface area contributed by atoms with Crippen LogP contribution in [-0.4, -0.2) is 10.7 Å². The quantitative estimate of drug-likeness (QED) is 0.625. The zero-order valence-corrected chi connectivity index (χ0v) is 8.20. The van der Waals surface area contributed by atoms with Gasteiger partial charge in [-0.15, -0.1) is 0 Å². The van der Waals surface area contributed by atoms with Crippen LogP contribution in [0.2, 0.25) is 0 Å². The first-order valence-electron chi connectivity index (χ1n) is 4.27. The maximum atomic E-state index is 9.39. The highest BCUT2D eigenvalue weighted by Crippen LogP contribution is 2.06. The Hall–Kier alpha value is -1.77. The van der Waals surface area contributed by atoms with Crippen LogP contribution in [0.15, 0.2) is 24.3 Å². The lowest BCUT2D eigenvalue weighted by molar-refractivity contribution is 0.143. The number of nitriles is 1. The van der Waals surface area contributed by atoms with Gasteiger partial charge in [-0.3, -0.25) is 0 Å². The minimum Gasteiger partial charge on any atom is -0.378 e. The molecular weight excluding hydrogens is 174 g/mol. The molecule has 0 amide bonds. The summed E-state index contributed by atoms with van der Waals surface area (Å²) in [5, 5.41) is 18.2. The first kappa shape index (κ1) is 10.3. The van der Waals surface area contributed by atoms with E-state index in [4.69, 9.17) is 5.26 Å². The van der Waals surface area contributed by atoms with Gasteiger partial charge in [-0.05, 0) is 26.0 Å². The zero-order chi connectivity index (χ0) is 10.6. The normalized spacial score (nSPS) is 9.86. The fourth-order valence-corrected chi connectivity index (χ4v) is 0.910. The molecule has 0 saturated heterocycles. The third-order valence-corrected chi connectivity index (χ3v) is 1.55. The van der Waals surface area contributed by atoms with E-state index in [0.717, 1.165) is 0 Å². The summed E-state index contributed by atoms with van der Waals surface area (Å²) in [5.74, 6) is 5.45. The molecule has 1 rings (SSSR count). The highest BCUT2D eigenvalue weighted by Gasteiger charge is 2.06. The SMILES string of the molecule is CC(C)(O)C#Cc1ccccc1C#N. The molecule has 0 aliphatic carbocycles. The van der Waals surface area contributed by atoms with E-state index < -0.39 is 5.60 Å². The fraction of sp³-hybridized carbons (Fsp3) is 0.250. The van der Waals surface area contributed by atoms with Crippen molar-refractivity contribution in [2.75, 3.05) is 0 Å². The van der Waals surface area contributed by atoms with Gasteiger partial charge in [-0.2, -0.15) is 5.26 Å². The lowest BCUT2D eigenvalue weighted by atomic mass is 10.1. The van der Waals surface area contributed by atoms with Crippen LogP contribution in [0.4, 0.5) is 0 Å². The van der Waals surface area contributed by atoms with Gasteiger partial charge in [0.2, 0.25) is 0 Å². The summed E-state index contributed by atoms with van der Waals surface area (Å²) in [5.41, 5.74) is 0.157. The summed E-state index contributed by atoms with van der Waals surface area (Å²) >= 11 is 0. The third kappa shape index (κ3) is 2.94. The summed E-state index contributed by atoms with van der Waals surface area (Å²) in [7, 11) is 0. The van der Waals surface area contributed by atoms with Crippen molar-refractivity contribution in [2.45, 2.75) is 19.4 Å². The molecule has 1 aromatic carbocycles. The molecule has 70 valence electrons. The number of benzene rings is 1. The van der Waals surface area contributed by atoms with E-state index in [0.29, 0.717) is 11.1 Å². The standard InChI is InChI=1S/C12H11NO/c1-12(2,14)8-7-10-5-3-4-6-11(10)9-13/h3-6,14H,1-2H3. The van der Waals surface area contributed by atoms with Crippen molar-refractivity contribution in [3.05, 3.63) is 35.4 Å². The van der Waals surface area contributed by atoms with Crippen molar-refractivity contribution in [1.82, 2.24) is 0 Å². The molecule has 0 bridgehead atoms. The Bertz CT molecular complexity index is 424. The first-order valence-corrected chi connectivity index (χ1v) is 4.27. The second-order valence-electron chi connectivity index (χ2n) is 3.47. The first-order chi connectivity index (χ1) is 6.53. The van der Waals surface area contributed by atoms with Gasteiger partial charge in [-0.25, -0.2) is 0 Å². The Morgan fingerprint density at radius 1 is 1.21 bits per heavy atom. The van der Waals surface area contributed by atoms with Crippen LogP contribution in [0.25, 0.3) is 0 Å². The van der Waals surface area contributed by atoms with Crippen molar-refractivity contribution < 1.29 is 5.11 Å². The molecule has 0 fully saturated rings. The fourth-order valence-electron chi connectivity index (χ4n) is 0.910. The van der Waals surface area contributed by atoms with E-state index in [-0.39, 0.29) is 0 Å². The van der Waals surface area contributed by atoms with E-state index in [9.17, 15) is 5.11 Å². The molecule has 0 aromatic heterocycles. The van der Waals surface area contributed by atoms with Crippen LogP contribution in [0.3, 0.4) is 0 Å².